The predicted molar refractivity (Wildman–Crippen MR) is 134 cm³/mol. The van der Waals surface area contributed by atoms with Crippen LogP contribution < -0.4 is 24.2 Å². The maximum atomic E-state index is 12.8. The molecule has 2 N–H and O–H groups in total. The number of carbonyl (C=O) groups excluding carboxylic acids is 1. The Morgan fingerprint density at radius 2 is 1.66 bits per heavy atom. The van der Waals surface area contributed by atoms with Gasteiger partial charge in [0.05, 0.1) is 24.7 Å². The van der Waals surface area contributed by atoms with Gasteiger partial charge in [0.1, 0.15) is 5.75 Å². The van der Waals surface area contributed by atoms with E-state index in [4.69, 9.17) is 14.2 Å². The van der Waals surface area contributed by atoms with E-state index in [1.807, 2.05) is 31.2 Å². The molecule has 8 nitrogen and oxygen atoms in total. The molecule has 1 aliphatic heterocycles. The summed E-state index contributed by atoms with van der Waals surface area (Å²) in [4.78, 5) is 12.5. The van der Waals surface area contributed by atoms with Crippen LogP contribution >= 0.6 is 0 Å². The van der Waals surface area contributed by atoms with Crippen LogP contribution in [0.2, 0.25) is 0 Å². The van der Waals surface area contributed by atoms with E-state index in [1.54, 1.807) is 30.3 Å². The zero-order valence-electron chi connectivity index (χ0n) is 19.5. The van der Waals surface area contributed by atoms with Crippen molar-refractivity contribution < 1.29 is 27.4 Å². The number of ether oxygens (including phenoxy) is 3. The number of aryl methyl sites for hydroxylation is 1. The molecule has 0 atom stereocenters. The quantitative estimate of drug-likeness (QED) is 0.448. The number of para-hydroxylation sites is 1. The summed E-state index contributed by atoms with van der Waals surface area (Å²) in [7, 11) is -3.83. The van der Waals surface area contributed by atoms with Gasteiger partial charge in [-0.1, -0.05) is 18.2 Å². The first-order valence-electron chi connectivity index (χ1n) is 11.5. The van der Waals surface area contributed by atoms with Crippen LogP contribution in [0, 0.1) is 0 Å². The lowest BCUT2D eigenvalue weighted by Gasteiger charge is -2.12. The molecule has 9 heteroatoms. The molecule has 0 aromatic heterocycles. The number of fused-ring (bicyclic) bond motifs is 1. The molecule has 1 heterocycles. The molecular formula is C26H28N2O6S. The third-order valence-electron chi connectivity index (χ3n) is 5.34. The van der Waals surface area contributed by atoms with Crippen molar-refractivity contribution in [3.63, 3.8) is 0 Å². The fraction of sp³-hybridized carbons (Fsp3) is 0.269. The van der Waals surface area contributed by atoms with Crippen LogP contribution in [-0.2, 0) is 21.2 Å². The molecule has 35 heavy (non-hydrogen) atoms. The molecule has 1 amide bonds. The van der Waals surface area contributed by atoms with Gasteiger partial charge >= 0.3 is 0 Å². The largest absolute Gasteiger partial charge is 0.494 e. The molecule has 0 aliphatic carbocycles. The van der Waals surface area contributed by atoms with Crippen molar-refractivity contribution in [1.29, 1.82) is 0 Å². The van der Waals surface area contributed by atoms with Gasteiger partial charge in [0.2, 0.25) is 5.91 Å². The number of sulfonamides is 1. The molecule has 3 aromatic carbocycles. The highest BCUT2D eigenvalue weighted by Gasteiger charge is 2.19. The maximum absolute atomic E-state index is 12.8. The Kier molecular flexibility index (Phi) is 7.77. The minimum atomic E-state index is -3.83. The van der Waals surface area contributed by atoms with E-state index in [9.17, 15) is 13.2 Å². The van der Waals surface area contributed by atoms with Crippen LogP contribution in [0.5, 0.6) is 17.2 Å². The van der Waals surface area contributed by atoms with Crippen LogP contribution in [0.25, 0.3) is 0 Å². The average Bonchev–Trinajstić information content (AvgIpc) is 3.10. The molecule has 1 aliphatic rings. The molecular weight excluding hydrogens is 468 g/mol. The van der Waals surface area contributed by atoms with E-state index in [0.29, 0.717) is 55.5 Å². The monoisotopic (exact) mass is 496 g/mol. The molecule has 0 saturated carbocycles. The number of hydrogen-bond donors (Lipinski definition) is 2. The van der Waals surface area contributed by atoms with Crippen molar-refractivity contribution in [2.24, 2.45) is 0 Å². The Morgan fingerprint density at radius 1 is 0.943 bits per heavy atom. The Balaban J connectivity index is 1.35. The fourth-order valence-electron chi connectivity index (χ4n) is 3.62. The highest BCUT2D eigenvalue weighted by Crippen LogP contribution is 2.32. The third kappa shape index (κ3) is 6.45. The van der Waals surface area contributed by atoms with E-state index in [0.717, 1.165) is 17.7 Å². The molecule has 3 aromatic rings. The number of nitrogens with one attached hydrogen (secondary N) is 2. The average molecular weight is 497 g/mol. The minimum absolute atomic E-state index is 0.0754. The molecule has 0 fully saturated rings. The highest BCUT2D eigenvalue weighted by molar-refractivity contribution is 7.92. The Bertz CT molecular complexity index is 1280. The Labute approximate surface area is 205 Å². The summed E-state index contributed by atoms with van der Waals surface area (Å²) in [6, 6.07) is 18.7. The molecule has 0 saturated heterocycles. The summed E-state index contributed by atoms with van der Waals surface area (Å²) in [5.74, 6) is 1.58. The van der Waals surface area contributed by atoms with Crippen molar-refractivity contribution in [3.8, 4) is 17.2 Å². The fourth-order valence-corrected chi connectivity index (χ4v) is 4.70. The van der Waals surface area contributed by atoms with Gasteiger partial charge in [-0.05, 0) is 61.4 Å². The van der Waals surface area contributed by atoms with Crippen LogP contribution in [0.3, 0.4) is 0 Å². The number of amides is 1. The summed E-state index contributed by atoms with van der Waals surface area (Å²) in [5, 5.41) is 2.84. The summed E-state index contributed by atoms with van der Waals surface area (Å²) < 4.78 is 45.0. The molecule has 4 rings (SSSR count). The predicted octanol–water partition coefficient (Wildman–Crippen LogP) is 4.62. The van der Waals surface area contributed by atoms with E-state index in [2.05, 4.69) is 10.0 Å². The first-order chi connectivity index (χ1) is 16.9. The topological polar surface area (TPSA) is 103 Å². The molecule has 0 radical (unpaired) electrons. The summed E-state index contributed by atoms with van der Waals surface area (Å²) in [5.41, 5.74) is 1.93. The third-order valence-corrected chi connectivity index (χ3v) is 6.72. The second kappa shape index (κ2) is 11.1. The lowest BCUT2D eigenvalue weighted by Crippen LogP contribution is -2.14. The zero-order chi connectivity index (χ0) is 24.7. The van der Waals surface area contributed by atoms with Crippen molar-refractivity contribution in [2.45, 2.75) is 31.1 Å². The molecule has 0 unspecified atom stereocenters. The van der Waals surface area contributed by atoms with E-state index < -0.39 is 10.0 Å². The smallest absolute Gasteiger partial charge is 0.262 e. The van der Waals surface area contributed by atoms with Gasteiger partial charge < -0.3 is 19.5 Å². The molecule has 0 bridgehead atoms. The van der Waals surface area contributed by atoms with Gasteiger partial charge in [0, 0.05) is 30.3 Å². The van der Waals surface area contributed by atoms with Gasteiger partial charge in [0.25, 0.3) is 10.0 Å². The van der Waals surface area contributed by atoms with Gasteiger partial charge in [0.15, 0.2) is 11.5 Å². The molecule has 0 spiro atoms. The number of rotatable bonds is 9. The highest BCUT2D eigenvalue weighted by atomic mass is 32.2. The van der Waals surface area contributed by atoms with Gasteiger partial charge in [-0.15, -0.1) is 0 Å². The number of carbonyl (C=O) groups is 1. The summed E-state index contributed by atoms with van der Waals surface area (Å²) in [6.07, 6.45) is 1.58. The van der Waals surface area contributed by atoms with Crippen LogP contribution in [-0.4, -0.2) is 34.1 Å². The standard InChI is InChI=1S/C26H28N2O6S/c1-2-32-23-7-4-3-6-19(23)8-15-26(29)27-20-9-11-21(12-10-20)28-35(30,31)22-13-14-24-25(18-22)34-17-5-16-33-24/h3-4,6-7,9-14,18,28H,2,5,8,15-17H2,1H3,(H,27,29). The van der Waals surface area contributed by atoms with Crippen molar-refractivity contribution in [3.05, 3.63) is 72.3 Å². The first kappa shape index (κ1) is 24.4. The van der Waals surface area contributed by atoms with Gasteiger partial charge in [-0.3, -0.25) is 9.52 Å². The van der Waals surface area contributed by atoms with E-state index >= 15 is 0 Å². The van der Waals surface area contributed by atoms with Crippen molar-refractivity contribution >= 4 is 27.3 Å². The van der Waals surface area contributed by atoms with Gasteiger partial charge in [-0.2, -0.15) is 0 Å². The summed E-state index contributed by atoms with van der Waals surface area (Å²) >= 11 is 0. The molecule has 184 valence electrons. The second-order valence-corrected chi connectivity index (χ2v) is 9.61. The lowest BCUT2D eigenvalue weighted by atomic mass is 10.1. The number of anilines is 2. The zero-order valence-corrected chi connectivity index (χ0v) is 20.3. The second-order valence-electron chi connectivity index (χ2n) is 7.93. The number of hydrogen-bond acceptors (Lipinski definition) is 6. The Morgan fingerprint density at radius 3 is 2.43 bits per heavy atom. The van der Waals surface area contributed by atoms with E-state index in [-0.39, 0.29) is 10.8 Å². The van der Waals surface area contributed by atoms with E-state index in [1.165, 1.54) is 12.1 Å². The SMILES string of the molecule is CCOc1ccccc1CCC(=O)Nc1ccc(NS(=O)(=O)c2ccc3c(c2)OCCCO3)cc1. The lowest BCUT2D eigenvalue weighted by molar-refractivity contribution is -0.116. The maximum Gasteiger partial charge on any atom is 0.262 e. The van der Waals surface area contributed by atoms with Crippen LogP contribution in [0.4, 0.5) is 11.4 Å². The normalized spacial score (nSPS) is 12.9. The summed E-state index contributed by atoms with van der Waals surface area (Å²) in [6.45, 7) is 3.48. The van der Waals surface area contributed by atoms with Crippen molar-refractivity contribution in [2.75, 3.05) is 29.9 Å². The first-order valence-corrected chi connectivity index (χ1v) is 13.0. The van der Waals surface area contributed by atoms with Gasteiger partial charge in [-0.25, -0.2) is 8.42 Å². The Hall–Kier alpha value is -3.72. The van der Waals surface area contributed by atoms with Crippen LogP contribution in [0.15, 0.2) is 71.6 Å². The van der Waals surface area contributed by atoms with Crippen molar-refractivity contribution in [1.82, 2.24) is 0 Å². The minimum Gasteiger partial charge on any atom is -0.494 e. The van der Waals surface area contributed by atoms with Crippen LogP contribution in [0.1, 0.15) is 25.3 Å². The number of benzene rings is 3.